The zero-order valence-corrected chi connectivity index (χ0v) is 20.8. The first-order valence-corrected chi connectivity index (χ1v) is 12.2. The highest BCUT2D eigenvalue weighted by molar-refractivity contribution is 6.30. The van der Waals surface area contributed by atoms with E-state index in [1.54, 1.807) is 0 Å². The van der Waals surface area contributed by atoms with Crippen molar-refractivity contribution in [3.05, 3.63) is 88.6 Å². The first kappa shape index (κ1) is 22.9. The molecule has 0 radical (unpaired) electrons. The van der Waals surface area contributed by atoms with Crippen molar-refractivity contribution in [3.63, 3.8) is 0 Å². The van der Waals surface area contributed by atoms with Crippen molar-refractivity contribution >= 4 is 33.5 Å². The number of imidazole rings is 1. The monoisotopic (exact) mass is 479 g/mol. The van der Waals surface area contributed by atoms with Crippen molar-refractivity contribution in [2.24, 2.45) is 12.0 Å². The normalized spacial score (nSPS) is 11.9. The van der Waals surface area contributed by atoms with Crippen LogP contribution in [0.15, 0.2) is 71.9 Å². The minimum atomic E-state index is 0.620. The van der Waals surface area contributed by atoms with Gasteiger partial charge >= 0.3 is 0 Å². The molecule has 0 saturated carbocycles. The molecule has 35 heavy (non-hydrogen) atoms. The van der Waals surface area contributed by atoms with Crippen molar-refractivity contribution in [3.8, 4) is 22.9 Å². The number of fused-ring (bicyclic) bond motifs is 3. The second kappa shape index (κ2) is 9.40. The molecular weight excluding hydrogens is 454 g/mol. The van der Waals surface area contributed by atoms with E-state index in [4.69, 9.17) is 21.6 Å². The summed E-state index contributed by atoms with van der Waals surface area (Å²) in [5.74, 6) is 0. The summed E-state index contributed by atoms with van der Waals surface area (Å²) in [6.45, 7) is 4.97. The van der Waals surface area contributed by atoms with Crippen molar-refractivity contribution in [2.75, 3.05) is 6.54 Å². The number of nitrogens with zero attached hydrogens (tertiary/aromatic N) is 5. The van der Waals surface area contributed by atoms with Gasteiger partial charge in [-0.2, -0.15) is 5.26 Å². The van der Waals surface area contributed by atoms with Gasteiger partial charge in [0.05, 0.1) is 40.1 Å². The van der Waals surface area contributed by atoms with Gasteiger partial charge in [0.15, 0.2) is 0 Å². The van der Waals surface area contributed by atoms with E-state index < -0.39 is 0 Å². The minimum absolute atomic E-state index is 0.620. The van der Waals surface area contributed by atoms with Crippen molar-refractivity contribution in [1.82, 2.24) is 14.1 Å². The lowest BCUT2D eigenvalue weighted by Crippen LogP contribution is -2.24. The molecule has 6 heteroatoms. The SMILES string of the molecule is CCCC/N=c1\n(C)c2cnc3ccc(-c4ccc(Cl)cc4)cc3c2n1-c1cc(C#N)ccc1C. The largest absolute Gasteiger partial charge is 0.312 e. The molecule has 0 aliphatic rings. The molecule has 0 N–H and O–H groups in total. The van der Waals surface area contributed by atoms with E-state index >= 15 is 0 Å². The van der Waals surface area contributed by atoms with E-state index in [-0.39, 0.29) is 0 Å². The van der Waals surface area contributed by atoms with Crippen molar-refractivity contribution in [1.29, 1.82) is 5.26 Å². The fourth-order valence-corrected chi connectivity index (χ4v) is 4.62. The maximum Gasteiger partial charge on any atom is 0.210 e. The Balaban J connectivity index is 1.90. The Bertz CT molecular complexity index is 1670. The Hall–Kier alpha value is -3.88. The maximum atomic E-state index is 9.61. The zero-order valence-electron chi connectivity index (χ0n) is 20.1. The number of nitriles is 1. The molecule has 5 aromatic rings. The molecule has 0 spiro atoms. The van der Waals surface area contributed by atoms with E-state index in [2.05, 4.69) is 47.2 Å². The molecule has 0 atom stereocenters. The Labute approximate surface area is 209 Å². The van der Waals surface area contributed by atoms with Crippen LogP contribution >= 0.6 is 11.6 Å². The van der Waals surface area contributed by atoms with E-state index in [0.29, 0.717) is 10.6 Å². The van der Waals surface area contributed by atoms with Crippen molar-refractivity contribution in [2.45, 2.75) is 26.7 Å². The summed E-state index contributed by atoms with van der Waals surface area (Å²) in [5.41, 5.74) is 8.60. The highest BCUT2D eigenvalue weighted by Gasteiger charge is 2.17. The third-order valence-electron chi connectivity index (χ3n) is 6.43. The van der Waals surface area contributed by atoms with Crippen molar-refractivity contribution < 1.29 is 0 Å². The number of unbranched alkanes of at least 4 members (excludes halogenated alkanes) is 1. The highest BCUT2D eigenvalue weighted by Crippen LogP contribution is 2.31. The fraction of sp³-hybridized carbons (Fsp3) is 0.207. The predicted octanol–water partition coefficient (Wildman–Crippen LogP) is 6.72. The van der Waals surface area contributed by atoms with Gasteiger partial charge in [0.2, 0.25) is 5.62 Å². The van der Waals surface area contributed by atoms with Gasteiger partial charge in [0.1, 0.15) is 0 Å². The Morgan fingerprint density at radius 3 is 2.54 bits per heavy atom. The quantitative estimate of drug-likeness (QED) is 0.263. The number of halogens is 1. The van der Waals surface area contributed by atoms with Crippen LogP contribution in [0.3, 0.4) is 0 Å². The van der Waals surface area contributed by atoms with Gasteiger partial charge in [0.25, 0.3) is 0 Å². The Morgan fingerprint density at radius 1 is 1.03 bits per heavy atom. The molecule has 2 aromatic heterocycles. The van der Waals surface area contributed by atoms with Gasteiger partial charge in [-0.15, -0.1) is 0 Å². The van der Waals surface area contributed by atoms with Gasteiger partial charge in [-0.05, 0) is 66.4 Å². The number of benzene rings is 3. The average molecular weight is 480 g/mol. The van der Waals surface area contributed by atoms with Crippen LogP contribution in [0.25, 0.3) is 38.8 Å². The number of aryl methyl sites for hydroxylation is 2. The molecule has 0 amide bonds. The lowest BCUT2D eigenvalue weighted by atomic mass is 10.0. The van der Waals surface area contributed by atoms with E-state index in [1.807, 2.05) is 55.7 Å². The molecule has 174 valence electrons. The molecule has 5 rings (SSSR count). The summed E-state index contributed by atoms with van der Waals surface area (Å²) in [6, 6.07) is 22.3. The maximum absolute atomic E-state index is 9.61. The van der Waals surface area contributed by atoms with Gasteiger partial charge < -0.3 is 4.57 Å². The second-order valence-electron chi connectivity index (χ2n) is 8.77. The second-order valence-corrected chi connectivity index (χ2v) is 9.21. The summed E-state index contributed by atoms with van der Waals surface area (Å²) in [5, 5.41) is 11.4. The molecule has 5 nitrogen and oxygen atoms in total. The van der Waals surface area contributed by atoms with Gasteiger partial charge in [-0.25, -0.2) is 0 Å². The topological polar surface area (TPSA) is 58.9 Å². The van der Waals surface area contributed by atoms with Crippen LogP contribution in [0.1, 0.15) is 30.9 Å². The first-order valence-electron chi connectivity index (χ1n) is 11.8. The Morgan fingerprint density at radius 2 is 1.80 bits per heavy atom. The van der Waals surface area contributed by atoms with Crippen LogP contribution < -0.4 is 5.62 Å². The summed E-state index contributed by atoms with van der Waals surface area (Å²) in [4.78, 5) is 9.77. The number of pyridine rings is 1. The first-order chi connectivity index (χ1) is 17.0. The van der Waals surface area contributed by atoms with Crippen LogP contribution in [-0.4, -0.2) is 20.7 Å². The molecular formula is C29H26ClN5. The third-order valence-corrected chi connectivity index (χ3v) is 6.68. The highest BCUT2D eigenvalue weighted by atomic mass is 35.5. The number of hydrogen-bond acceptors (Lipinski definition) is 3. The van der Waals surface area contributed by atoms with Gasteiger partial charge in [-0.1, -0.05) is 49.2 Å². The standard InChI is InChI=1S/C29H26ClN5/c1-4-5-14-32-29-34(3)27-18-33-25-13-10-22(21-8-11-23(30)12-9-21)16-24(25)28(27)35(29)26-15-20(17-31)7-6-19(26)2/h6-13,15-16,18H,4-5,14H2,1-3H3/b32-29+. The number of hydrogen-bond donors (Lipinski definition) is 0. The molecule has 2 heterocycles. The lowest BCUT2D eigenvalue weighted by molar-refractivity contribution is 0.730. The molecule has 3 aromatic carbocycles. The zero-order chi connectivity index (χ0) is 24.5. The predicted molar refractivity (Wildman–Crippen MR) is 143 cm³/mol. The van der Waals surface area contributed by atoms with Gasteiger partial charge in [0, 0.05) is 24.0 Å². The molecule has 0 bridgehead atoms. The molecule has 0 unspecified atom stereocenters. The molecule has 0 aliphatic carbocycles. The summed E-state index contributed by atoms with van der Waals surface area (Å²) in [6.07, 6.45) is 4.00. The van der Waals surface area contributed by atoms with Crippen LogP contribution in [0.2, 0.25) is 5.02 Å². The van der Waals surface area contributed by atoms with Gasteiger partial charge in [-0.3, -0.25) is 14.5 Å². The third kappa shape index (κ3) is 4.11. The van der Waals surface area contributed by atoms with E-state index in [0.717, 1.165) is 69.3 Å². The van der Waals surface area contributed by atoms with E-state index in [1.165, 1.54) is 0 Å². The molecule has 0 aliphatic heterocycles. The van der Waals surface area contributed by atoms with Crippen LogP contribution in [0, 0.1) is 18.3 Å². The Kier molecular flexibility index (Phi) is 6.15. The fourth-order valence-electron chi connectivity index (χ4n) is 4.49. The molecule has 0 fully saturated rings. The number of rotatable bonds is 5. The van der Waals surface area contributed by atoms with Crippen LogP contribution in [-0.2, 0) is 7.05 Å². The van der Waals surface area contributed by atoms with Crippen LogP contribution in [0.4, 0.5) is 0 Å². The summed E-state index contributed by atoms with van der Waals surface area (Å²) in [7, 11) is 2.03. The average Bonchev–Trinajstić information content (AvgIpc) is 3.16. The summed E-state index contributed by atoms with van der Waals surface area (Å²) >= 11 is 6.12. The summed E-state index contributed by atoms with van der Waals surface area (Å²) < 4.78 is 4.29. The number of aromatic nitrogens is 3. The lowest BCUT2D eigenvalue weighted by Gasteiger charge is -2.12. The smallest absolute Gasteiger partial charge is 0.210 e. The molecule has 0 saturated heterocycles. The van der Waals surface area contributed by atoms with E-state index in [9.17, 15) is 5.26 Å². The van der Waals surface area contributed by atoms with Crippen LogP contribution in [0.5, 0.6) is 0 Å². The minimum Gasteiger partial charge on any atom is -0.312 e.